The van der Waals surface area contributed by atoms with Crippen LogP contribution in [0.1, 0.15) is 142 Å². The Kier molecular flexibility index (Phi) is 18.0. The van der Waals surface area contributed by atoms with Crippen LogP contribution in [0.3, 0.4) is 0 Å². The van der Waals surface area contributed by atoms with E-state index in [1.54, 1.807) is 23.3 Å². The van der Waals surface area contributed by atoms with E-state index in [9.17, 15) is 0 Å². The van der Waals surface area contributed by atoms with Crippen LogP contribution in [0.5, 0.6) is 0 Å². The molecule has 2 aliphatic carbocycles. The van der Waals surface area contributed by atoms with E-state index in [1.165, 1.54) is 143 Å². The van der Waals surface area contributed by atoms with E-state index in [2.05, 4.69) is 178 Å². The molecule has 2 aliphatic rings. The van der Waals surface area contributed by atoms with Crippen LogP contribution in [0.25, 0.3) is 43.8 Å². The van der Waals surface area contributed by atoms with E-state index < -0.39 is 0 Å². The first-order valence-electron chi connectivity index (χ1n) is 22.7. The van der Waals surface area contributed by atoms with Crippen LogP contribution in [0.4, 0.5) is 0 Å². The van der Waals surface area contributed by atoms with E-state index in [4.69, 9.17) is 0 Å². The Balaban J connectivity index is 0.000000236. The Morgan fingerprint density at radius 2 is 0.833 bits per heavy atom. The molecule has 6 aromatic carbocycles. The molecule has 0 radical (unpaired) electrons. The quantitative estimate of drug-likeness (QED) is 0.105. The minimum atomic E-state index is 0. The predicted molar refractivity (Wildman–Crippen MR) is 255 cm³/mol. The predicted octanol–water partition coefficient (Wildman–Crippen LogP) is 10.9. The third-order valence-corrected chi connectivity index (χ3v) is 13.7. The summed E-state index contributed by atoms with van der Waals surface area (Å²) < 4.78 is 0. The fourth-order valence-electron chi connectivity index (χ4n) is 10.4. The molecule has 0 nitrogen and oxygen atoms in total. The molecular weight excluding hydrogens is 863 g/mol. The Labute approximate surface area is 393 Å². The number of hydrogen-bond donors (Lipinski definition) is 0. The van der Waals surface area contributed by atoms with Gasteiger partial charge in [0.25, 0.3) is 0 Å². The van der Waals surface area contributed by atoms with E-state index >= 15 is 0 Å². The van der Waals surface area contributed by atoms with Gasteiger partial charge in [-0.15, -0.1) is 69.1 Å². The minimum Gasteiger partial charge on any atom is -1.00 e. The van der Waals surface area contributed by atoms with Gasteiger partial charge < -0.3 is 24.8 Å². The second-order valence-corrected chi connectivity index (χ2v) is 29.8. The van der Waals surface area contributed by atoms with E-state index in [-0.39, 0.29) is 41.1 Å². The normalized spacial score (nSPS) is 15.7. The second kappa shape index (κ2) is 21.4. The molecule has 4 heteroatoms. The molecule has 0 aliphatic heterocycles. The number of fused-ring (bicyclic) bond motifs is 2. The van der Waals surface area contributed by atoms with Crippen molar-refractivity contribution in [2.45, 2.75) is 156 Å². The molecule has 0 heterocycles. The SMILES string of the molecule is CCC1(Cc2cc3c(-c4ccccc4C(C)(C)C)cccc3[cH-]2)CCCC1.CCC1(Cc2cc3c(-c4ccccc4C(C)(C)C)cccc3[cH-]2)CCCC1.C[Si](C)=[Zr+2].[Cl-].[Cl-]. The average molecular weight is 935 g/mol. The van der Waals surface area contributed by atoms with Gasteiger partial charge in [-0.05, 0) is 82.4 Å². The summed E-state index contributed by atoms with van der Waals surface area (Å²) in [6.45, 7) is 23.3. The van der Waals surface area contributed by atoms with Gasteiger partial charge >= 0.3 is 41.9 Å². The largest absolute Gasteiger partial charge is 1.00 e. The van der Waals surface area contributed by atoms with Gasteiger partial charge in [-0.1, -0.05) is 166 Å². The van der Waals surface area contributed by atoms with Crippen LogP contribution in [-0.4, -0.2) is 5.43 Å². The first kappa shape index (κ1) is 50.4. The Morgan fingerprint density at radius 3 is 1.15 bits per heavy atom. The molecule has 0 atom stereocenters. The van der Waals surface area contributed by atoms with Crippen molar-refractivity contribution in [2.75, 3.05) is 0 Å². The van der Waals surface area contributed by atoms with Crippen LogP contribution in [0, 0.1) is 10.8 Å². The first-order chi connectivity index (χ1) is 27.6. The third-order valence-electron chi connectivity index (χ3n) is 13.7. The van der Waals surface area contributed by atoms with Gasteiger partial charge in [0.1, 0.15) is 0 Å². The molecule has 0 saturated heterocycles. The van der Waals surface area contributed by atoms with Crippen molar-refractivity contribution in [1.82, 2.24) is 0 Å². The minimum absolute atomic E-state index is 0. The standard InChI is InChI=1S/2C27H33.C2H6Si.2ClH.Zr/c2*1-5-27(15-8-9-16-27)19-20-17-21-11-10-13-22(24(21)18-20)23-12-6-7-14-25(23)26(2,3)4;1-3-2;;;/h2*6-7,10-14,17-18H,5,8-9,15-16,19H2,1-4H3;1-2H3;2*1H;/q2*-1;;;;+2/p-2. The van der Waals surface area contributed by atoms with Crippen molar-refractivity contribution in [3.63, 3.8) is 0 Å². The summed E-state index contributed by atoms with van der Waals surface area (Å²) in [5, 5.41) is 5.65. The molecule has 0 amide bonds. The van der Waals surface area contributed by atoms with Crippen LogP contribution in [0.15, 0.2) is 109 Å². The summed E-state index contributed by atoms with van der Waals surface area (Å²) in [6, 6.07) is 41.4. The summed E-state index contributed by atoms with van der Waals surface area (Å²) in [5.41, 5.74) is 13.1. The number of benzene rings is 4. The average Bonchev–Trinajstić information content (AvgIpc) is 4.01. The third kappa shape index (κ3) is 12.1. The van der Waals surface area contributed by atoms with E-state index in [0.717, 1.165) is 0 Å². The molecule has 0 N–H and O–H groups in total. The summed E-state index contributed by atoms with van der Waals surface area (Å²) in [7, 11) is 0. The summed E-state index contributed by atoms with van der Waals surface area (Å²) in [4.78, 5) is 0. The molecule has 8 rings (SSSR count). The maximum Gasteiger partial charge on any atom is -1.00 e. The van der Waals surface area contributed by atoms with Crippen LogP contribution >= 0.6 is 0 Å². The van der Waals surface area contributed by atoms with Gasteiger partial charge in [-0.25, -0.2) is 0 Å². The van der Waals surface area contributed by atoms with E-state index in [1.807, 2.05) is 0 Å². The van der Waals surface area contributed by atoms with Gasteiger partial charge in [-0.2, -0.15) is 12.1 Å². The van der Waals surface area contributed by atoms with Crippen molar-refractivity contribution in [3.8, 4) is 22.3 Å². The van der Waals surface area contributed by atoms with Crippen LogP contribution < -0.4 is 24.8 Å². The maximum absolute atomic E-state index is 2.49. The Bertz CT molecular complexity index is 2130. The van der Waals surface area contributed by atoms with E-state index in [0.29, 0.717) is 10.8 Å². The van der Waals surface area contributed by atoms with Crippen molar-refractivity contribution in [2.24, 2.45) is 10.8 Å². The van der Waals surface area contributed by atoms with Crippen molar-refractivity contribution >= 4 is 27.0 Å². The summed E-state index contributed by atoms with van der Waals surface area (Å²) in [5.74, 6) is 0. The molecule has 2 fully saturated rings. The number of rotatable bonds is 8. The summed E-state index contributed by atoms with van der Waals surface area (Å²) in [6.07, 6.45) is 16.4. The summed E-state index contributed by atoms with van der Waals surface area (Å²) >= 11 is 1.74. The monoisotopic (exact) mass is 932 g/mol. The van der Waals surface area contributed by atoms with Crippen molar-refractivity contribution in [3.05, 3.63) is 131 Å². The molecule has 0 aromatic heterocycles. The molecule has 320 valence electrons. The first-order valence-corrected chi connectivity index (χ1v) is 28.8. The second-order valence-electron chi connectivity index (χ2n) is 20.4. The molecule has 60 heavy (non-hydrogen) atoms. The topological polar surface area (TPSA) is 0 Å². The zero-order chi connectivity index (χ0) is 41.7. The van der Waals surface area contributed by atoms with Gasteiger partial charge in [0, 0.05) is 0 Å². The number of halogens is 2. The van der Waals surface area contributed by atoms with Crippen molar-refractivity contribution in [1.29, 1.82) is 0 Å². The molecule has 0 unspecified atom stereocenters. The van der Waals surface area contributed by atoms with Crippen molar-refractivity contribution < 1.29 is 48.1 Å². The van der Waals surface area contributed by atoms with Gasteiger partial charge in [-0.3, -0.25) is 0 Å². The zero-order valence-electron chi connectivity index (χ0n) is 38.6. The molecule has 2 saturated carbocycles. The Morgan fingerprint density at radius 1 is 0.517 bits per heavy atom. The Hall–Kier alpha value is -2.22. The molecule has 0 spiro atoms. The van der Waals surface area contributed by atoms with Crippen LogP contribution in [0.2, 0.25) is 13.1 Å². The fourth-order valence-corrected chi connectivity index (χ4v) is 10.4. The zero-order valence-corrected chi connectivity index (χ0v) is 43.6. The molecule has 6 aromatic rings. The van der Waals surface area contributed by atoms with Gasteiger partial charge in [0.2, 0.25) is 0 Å². The number of hydrogen-bond acceptors (Lipinski definition) is 0. The molecular formula is C56H72Cl2SiZr-2. The smallest absolute Gasteiger partial charge is 1.00 e. The van der Waals surface area contributed by atoms with Gasteiger partial charge in [0.15, 0.2) is 0 Å². The molecule has 0 bridgehead atoms. The maximum atomic E-state index is 2.49. The van der Waals surface area contributed by atoms with Crippen LogP contribution in [-0.2, 0) is 47.0 Å². The van der Waals surface area contributed by atoms with Gasteiger partial charge in [0.05, 0.1) is 0 Å². The fraction of sp³-hybridized carbons (Fsp3) is 0.464.